The zero-order chi connectivity index (χ0) is 18.2. The number of carbonyl (C=O) groups excluding carboxylic acids is 1. The summed E-state index contributed by atoms with van der Waals surface area (Å²) in [6, 6.07) is 17.6. The van der Waals surface area contributed by atoms with Crippen molar-refractivity contribution in [3.05, 3.63) is 65.7 Å². The molecule has 2 aromatic carbocycles. The first-order valence-corrected chi connectivity index (χ1v) is 8.75. The molecule has 1 unspecified atom stereocenters. The zero-order valence-electron chi connectivity index (χ0n) is 15.3. The van der Waals surface area contributed by atoms with Crippen LogP contribution in [-0.2, 0) is 6.54 Å². The van der Waals surface area contributed by atoms with Crippen molar-refractivity contribution in [1.82, 2.24) is 0 Å². The minimum absolute atomic E-state index is 0.0989. The second-order valence-electron chi connectivity index (χ2n) is 6.47. The Morgan fingerprint density at radius 2 is 1.80 bits per heavy atom. The van der Waals surface area contributed by atoms with Gasteiger partial charge in [-0.2, -0.15) is 5.10 Å². The van der Waals surface area contributed by atoms with Crippen LogP contribution >= 0.6 is 0 Å². The Labute approximate surface area is 150 Å². The van der Waals surface area contributed by atoms with E-state index in [4.69, 9.17) is 5.84 Å². The van der Waals surface area contributed by atoms with Crippen molar-refractivity contribution in [2.45, 2.75) is 40.2 Å². The fourth-order valence-electron chi connectivity index (χ4n) is 2.77. The molecule has 0 aromatic heterocycles. The molecular formula is C21H27N3O. The Bertz CT molecular complexity index is 725. The summed E-state index contributed by atoms with van der Waals surface area (Å²) >= 11 is 0. The Balaban J connectivity index is 0.000000217. The van der Waals surface area contributed by atoms with Crippen LogP contribution in [0.15, 0.2) is 59.7 Å². The number of nitrogens with zero attached hydrogens (tertiary/aromatic N) is 2. The van der Waals surface area contributed by atoms with Gasteiger partial charge in [-0.25, -0.2) is 0 Å². The Morgan fingerprint density at radius 1 is 1.16 bits per heavy atom. The monoisotopic (exact) mass is 337 g/mol. The predicted octanol–water partition coefficient (Wildman–Crippen LogP) is 4.60. The highest BCUT2D eigenvalue weighted by molar-refractivity contribution is 6.09. The summed E-state index contributed by atoms with van der Waals surface area (Å²) < 4.78 is 0. The van der Waals surface area contributed by atoms with Crippen LogP contribution in [0.2, 0.25) is 0 Å². The average molecular weight is 337 g/mol. The zero-order valence-corrected chi connectivity index (χ0v) is 15.3. The largest absolute Gasteiger partial charge is 0.323 e. The van der Waals surface area contributed by atoms with Gasteiger partial charge in [-0.05, 0) is 43.0 Å². The lowest BCUT2D eigenvalue weighted by Gasteiger charge is -2.15. The van der Waals surface area contributed by atoms with Crippen LogP contribution in [0.4, 0.5) is 5.69 Å². The Hall–Kier alpha value is -2.62. The van der Waals surface area contributed by atoms with E-state index >= 15 is 0 Å². The van der Waals surface area contributed by atoms with Gasteiger partial charge in [-0.1, -0.05) is 56.7 Å². The van der Waals surface area contributed by atoms with Crippen molar-refractivity contribution in [3.63, 3.8) is 0 Å². The minimum Gasteiger partial charge on any atom is -0.323 e. The number of anilines is 1. The van der Waals surface area contributed by atoms with Gasteiger partial charge < -0.3 is 10.7 Å². The fourth-order valence-corrected chi connectivity index (χ4v) is 2.77. The molecule has 1 atom stereocenters. The smallest absolute Gasteiger partial charge is 0.258 e. The SMILES string of the molecule is CCC(C)C/C(C)=N/N.O=C1c2ccccc2CN1c1ccccc1. The molecule has 0 spiro atoms. The van der Waals surface area contributed by atoms with Gasteiger partial charge in [0.05, 0.1) is 6.54 Å². The van der Waals surface area contributed by atoms with E-state index in [1.54, 1.807) is 0 Å². The standard InChI is InChI=1S/C14H11NO.C7H16N2/c16-14-13-9-5-4-6-11(13)10-15(14)12-7-2-1-3-8-12;1-4-6(2)5-7(3)9-8/h1-9H,10H2;6H,4-5,8H2,1-3H3/b;9-7+. The van der Waals surface area contributed by atoms with E-state index in [2.05, 4.69) is 18.9 Å². The third-order valence-corrected chi connectivity index (χ3v) is 4.45. The van der Waals surface area contributed by atoms with Gasteiger partial charge in [0.2, 0.25) is 0 Å². The molecule has 132 valence electrons. The number of hydrazone groups is 1. The summed E-state index contributed by atoms with van der Waals surface area (Å²) in [5, 5.41) is 3.59. The summed E-state index contributed by atoms with van der Waals surface area (Å²) in [5.41, 5.74) is 3.94. The summed E-state index contributed by atoms with van der Waals surface area (Å²) in [4.78, 5) is 13.9. The summed E-state index contributed by atoms with van der Waals surface area (Å²) in [7, 11) is 0. The normalized spacial score (nSPS) is 14.6. The van der Waals surface area contributed by atoms with Crippen molar-refractivity contribution < 1.29 is 4.79 Å². The molecule has 4 nitrogen and oxygen atoms in total. The van der Waals surface area contributed by atoms with Gasteiger partial charge in [0, 0.05) is 17.0 Å². The van der Waals surface area contributed by atoms with Crippen LogP contribution in [0.5, 0.6) is 0 Å². The molecule has 1 heterocycles. The molecule has 1 aliphatic heterocycles. The van der Waals surface area contributed by atoms with Crippen molar-refractivity contribution >= 4 is 17.3 Å². The number of amides is 1. The summed E-state index contributed by atoms with van der Waals surface area (Å²) in [6.45, 7) is 7.02. The molecule has 2 aromatic rings. The number of fused-ring (bicyclic) bond motifs is 1. The molecule has 3 rings (SSSR count). The topological polar surface area (TPSA) is 58.7 Å². The molecule has 2 N–H and O–H groups in total. The maximum atomic E-state index is 12.1. The van der Waals surface area contributed by atoms with Crippen molar-refractivity contribution in [1.29, 1.82) is 0 Å². The highest BCUT2D eigenvalue weighted by Crippen LogP contribution is 2.27. The number of hydrogen-bond acceptors (Lipinski definition) is 3. The molecule has 0 saturated carbocycles. The molecule has 0 radical (unpaired) electrons. The van der Waals surface area contributed by atoms with Gasteiger partial charge >= 0.3 is 0 Å². The summed E-state index contributed by atoms with van der Waals surface area (Å²) in [5.74, 6) is 5.88. The lowest BCUT2D eigenvalue weighted by molar-refractivity contribution is 0.0996. The highest BCUT2D eigenvalue weighted by Gasteiger charge is 2.27. The van der Waals surface area contributed by atoms with E-state index < -0.39 is 0 Å². The summed E-state index contributed by atoms with van der Waals surface area (Å²) in [6.07, 6.45) is 2.24. The lowest BCUT2D eigenvalue weighted by atomic mass is 10.0. The van der Waals surface area contributed by atoms with Crippen LogP contribution in [0, 0.1) is 5.92 Å². The number of carbonyl (C=O) groups is 1. The van der Waals surface area contributed by atoms with Crippen molar-refractivity contribution in [3.8, 4) is 0 Å². The molecule has 0 bridgehead atoms. The molecule has 0 fully saturated rings. The second-order valence-corrected chi connectivity index (χ2v) is 6.47. The number of benzene rings is 2. The second kappa shape index (κ2) is 9.02. The molecule has 4 heteroatoms. The third-order valence-electron chi connectivity index (χ3n) is 4.45. The first-order valence-electron chi connectivity index (χ1n) is 8.75. The van der Waals surface area contributed by atoms with E-state index in [-0.39, 0.29) is 5.91 Å². The van der Waals surface area contributed by atoms with Gasteiger partial charge in [-0.3, -0.25) is 4.79 Å². The van der Waals surface area contributed by atoms with Crippen molar-refractivity contribution in [2.75, 3.05) is 4.90 Å². The fraction of sp³-hybridized carbons (Fsp3) is 0.333. The maximum Gasteiger partial charge on any atom is 0.258 e. The van der Waals surface area contributed by atoms with E-state index in [1.165, 1.54) is 6.42 Å². The maximum absolute atomic E-state index is 12.1. The minimum atomic E-state index is 0.0989. The van der Waals surface area contributed by atoms with E-state index in [0.29, 0.717) is 6.54 Å². The highest BCUT2D eigenvalue weighted by atomic mass is 16.2. The van der Waals surface area contributed by atoms with Crippen LogP contribution in [0.3, 0.4) is 0 Å². The van der Waals surface area contributed by atoms with Gasteiger partial charge in [0.25, 0.3) is 5.91 Å². The number of hydrogen-bond donors (Lipinski definition) is 1. The van der Waals surface area contributed by atoms with Gasteiger partial charge in [0.15, 0.2) is 0 Å². The molecule has 0 aliphatic carbocycles. The predicted molar refractivity (Wildman–Crippen MR) is 105 cm³/mol. The number of rotatable bonds is 4. The molecule has 1 amide bonds. The lowest BCUT2D eigenvalue weighted by Crippen LogP contribution is -2.22. The van der Waals surface area contributed by atoms with E-state index in [1.807, 2.05) is 66.4 Å². The Kier molecular flexibility index (Phi) is 6.75. The van der Waals surface area contributed by atoms with Crippen LogP contribution in [0.25, 0.3) is 0 Å². The van der Waals surface area contributed by atoms with Gasteiger partial charge in [-0.15, -0.1) is 0 Å². The van der Waals surface area contributed by atoms with Crippen LogP contribution in [-0.4, -0.2) is 11.6 Å². The number of para-hydroxylation sites is 1. The molecular weight excluding hydrogens is 310 g/mol. The third kappa shape index (κ3) is 4.92. The molecule has 0 saturated heterocycles. The van der Waals surface area contributed by atoms with E-state index in [0.717, 1.165) is 34.9 Å². The first-order chi connectivity index (χ1) is 12.1. The molecule has 1 aliphatic rings. The van der Waals surface area contributed by atoms with Crippen molar-refractivity contribution in [2.24, 2.45) is 16.9 Å². The molecule has 25 heavy (non-hydrogen) atoms. The van der Waals surface area contributed by atoms with Gasteiger partial charge in [0.1, 0.15) is 0 Å². The quantitative estimate of drug-likeness (QED) is 0.503. The van der Waals surface area contributed by atoms with E-state index in [9.17, 15) is 4.79 Å². The van der Waals surface area contributed by atoms with Crippen LogP contribution in [0.1, 0.15) is 49.5 Å². The average Bonchev–Trinajstić information content (AvgIpc) is 3.00. The Morgan fingerprint density at radius 3 is 2.40 bits per heavy atom. The first kappa shape index (κ1) is 18.7. The number of nitrogens with two attached hydrogens (primary N) is 1. The van der Waals surface area contributed by atoms with Crippen LogP contribution < -0.4 is 10.7 Å².